The number of amides is 1. The summed E-state index contributed by atoms with van der Waals surface area (Å²) < 4.78 is 5.65. The fraction of sp³-hybridized carbons (Fsp3) is 0.650. The molecule has 1 aliphatic heterocycles. The Hall–Kier alpha value is -1.39. The number of nitrogens with zero attached hydrogens (tertiary/aromatic N) is 1. The Morgan fingerprint density at radius 2 is 2.08 bits per heavy atom. The lowest BCUT2D eigenvalue weighted by atomic mass is 9.71. The van der Waals surface area contributed by atoms with Gasteiger partial charge in [0.2, 0.25) is 5.91 Å². The molecule has 1 aliphatic carbocycles. The monoisotopic (exact) mass is 331 g/mol. The second-order valence-electron chi connectivity index (χ2n) is 7.28. The molecule has 0 aromatic heterocycles. The van der Waals surface area contributed by atoms with Gasteiger partial charge in [0.1, 0.15) is 0 Å². The third kappa shape index (κ3) is 4.37. The number of piperidine rings is 1. The van der Waals surface area contributed by atoms with E-state index in [4.69, 9.17) is 4.74 Å². The van der Waals surface area contributed by atoms with Crippen LogP contribution in [0.2, 0.25) is 0 Å². The second-order valence-corrected chi connectivity index (χ2v) is 7.28. The molecule has 3 rings (SSSR count). The van der Waals surface area contributed by atoms with Crippen LogP contribution in [-0.4, -0.2) is 41.2 Å². The fourth-order valence-corrected chi connectivity index (χ4v) is 4.05. The Kier molecular flexibility index (Phi) is 5.90. The molecule has 1 amide bonds. The molecule has 1 saturated heterocycles. The Morgan fingerprint density at radius 1 is 1.25 bits per heavy atom. The molecule has 0 unspecified atom stereocenters. The maximum Gasteiger partial charge on any atom is 0.222 e. The molecule has 2 aliphatic rings. The van der Waals surface area contributed by atoms with Crippen LogP contribution in [0.5, 0.6) is 0 Å². The summed E-state index contributed by atoms with van der Waals surface area (Å²) in [4.78, 5) is 14.4. The van der Waals surface area contributed by atoms with Crippen molar-refractivity contribution in [3.63, 3.8) is 0 Å². The first-order chi connectivity index (χ1) is 11.7. The molecular formula is C20H29NO3. The normalized spacial score (nSPS) is 26.9. The van der Waals surface area contributed by atoms with Gasteiger partial charge in [-0.25, -0.2) is 0 Å². The van der Waals surface area contributed by atoms with Crippen LogP contribution in [0.1, 0.15) is 50.5 Å². The molecule has 4 nitrogen and oxygen atoms in total. The number of rotatable bonds is 6. The van der Waals surface area contributed by atoms with Crippen molar-refractivity contribution in [2.24, 2.45) is 5.92 Å². The van der Waals surface area contributed by atoms with E-state index >= 15 is 0 Å². The molecule has 2 atom stereocenters. The van der Waals surface area contributed by atoms with Gasteiger partial charge in [-0.15, -0.1) is 0 Å². The van der Waals surface area contributed by atoms with Crippen LogP contribution in [0.3, 0.4) is 0 Å². The number of hydrogen-bond donors (Lipinski definition) is 1. The molecule has 2 fully saturated rings. The highest BCUT2D eigenvalue weighted by Crippen LogP contribution is 2.39. The molecule has 1 aromatic rings. The zero-order valence-corrected chi connectivity index (χ0v) is 14.5. The number of carbonyl (C=O) groups is 1. The van der Waals surface area contributed by atoms with Crippen LogP contribution in [-0.2, 0) is 16.1 Å². The molecule has 0 bridgehead atoms. The van der Waals surface area contributed by atoms with E-state index in [2.05, 4.69) is 0 Å². The first kappa shape index (κ1) is 17.4. The molecule has 132 valence electrons. The van der Waals surface area contributed by atoms with Crippen molar-refractivity contribution in [3.05, 3.63) is 35.9 Å². The summed E-state index contributed by atoms with van der Waals surface area (Å²) >= 11 is 0. The molecule has 24 heavy (non-hydrogen) atoms. The molecular weight excluding hydrogens is 302 g/mol. The van der Waals surface area contributed by atoms with E-state index in [1.165, 1.54) is 6.42 Å². The highest BCUT2D eigenvalue weighted by atomic mass is 16.5. The molecule has 1 N–H and O–H groups in total. The van der Waals surface area contributed by atoms with Crippen LogP contribution in [0.15, 0.2) is 30.3 Å². The first-order valence-electron chi connectivity index (χ1n) is 9.29. The SMILES string of the molecule is O=C(CCCOCc1ccccc1)N1CC[C@]2(O)CCCC[C@@H]2C1. The van der Waals surface area contributed by atoms with Gasteiger partial charge in [0.15, 0.2) is 0 Å². The van der Waals surface area contributed by atoms with Crippen molar-refractivity contribution in [1.82, 2.24) is 4.90 Å². The lowest BCUT2D eigenvalue weighted by Crippen LogP contribution is -2.54. The van der Waals surface area contributed by atoms with Crippen molar-refractivity contribution in [1.29, 1.82) is 0 Å². The summed E-state index contributed by atoms with van der Waals surface area (Å²) in [6.45, 7) is 2.66. The van der Waals surface area contributed by atoms with Gasteiger partial charge in [-0.3, -0.25) is 4.79 Å². The van der Waals surface area contributed by atoms with Crippen LogP contribution < -0.4 is 0 Å². The number of likely N-dealkylation sites (tertiary alicyclic amines) is 1. The smallest absolute Gasteiger partial charge is 0.222 e. The lowest BCUT2D eigenvalue weighted by molar-refractivity contribution is -0.143. The van der Waals surface area contributed by atoms with Gasteiger partial charge in [0.05, 0.1) is 12.2 Å². The predicted octanol–water partition coefficient (Wildman–Crippen LogP) is 3.14. The van der Waals surface area contributed by atoms with E-state index in [1.54, 1.807) is 0 Å². The maximum atomic E-state index is 12.4. The average molecular weight is 331 g/mol. The molecule has 0 radical (unpaired) electrons. The van der Waals surface area contributed by atoms with E-state index in [9.17, 15) is 9.90 Å². The highest BCUT2D eigenvalue weighted by molar-refractivity contribution is 5.76. The average Bonchev–Trinajstić information content (AvgIpc) is 2.61. The van der Waals surface area contributed by atoms with Crippen molar-refractivity contribution in [2.75, 3.05) is 19.7 Å². The third-order valence-electron chi connectivity index (χ3n) is 5.57. The molecule has 1 heterocycles. The number of carbonyl (C=O) groups excluding carboxylic acids is 1. The van der Waals surface area contributed by atoms with Gasteiger partial charge in [-0.2, -0.15) is 0 Å². The molecule has 4 heteroatoms. The first-order valence-corrected chi connectivity index (χ1v) is 9.29. The summed E-state index contributed by atoms with van der Waals surface area (Å²) in [5.41, 5.74) is 0.657. The highest BCUT2D eigenvalue weighted by Gasteiger charge is 2.43. The van der Waals surface area contributed by atoms with E-state index in [-0.39, 0.29) is 11.8 Å². The lowest BCUT2D eigenvalue weighted by Gasteiger charge is -2.47. The largest absolute Gasteiger partial charge is 0.389 e. The minimum atomic E-state index is -0.506. The Bertz CT molecular complexity index is 533. The summed E-state index contributed by atoms with van der Waals surface area (Å²) in [6, 6.07) is 10.1. The summed E-state index contributed by atoms with van der Waals surface area (Å²) in [6.07, 6.45) is 6.32. The van der Waals surface area contributed by atoms with Gasteiger partial charge in [-0.1, -0.05) is 43.2 Å². The Morgan fingerprint density at radius 3 is 2.92 bits per heavy atom. The molecule has 1 aromatic carbocycles. The van der Waals surface area contributed by atoms with Crippen LogP contribution in [0.25, 0.3) is 0 Å². The maximum absolute atomic E-state index is 12.4. The van der Waals surface area contributed by atoms with E-state index in [1.807, 2.05) is 35.2 Å². The van der Waals surface area contributed by atoms with Crippen LogP contribution in [0.4, 0.5) is 0 Å². The van der Waals surface area contributed by atoms with Crippen molar-refractivity contribution < 1.29 is 14.6 Å². The summed E-state index contributed by atoms with van der Waals surface area (Å²) in [7, 11) is 0. The van der Waals surface area contributed by atoms with Crippen molar-refractivity contribution in [3.8, 4) is 0 Å². The summed E-state index contributed by atoms with van der Waals surface area (Å²) in [5.74, 6) is 0.490. The van der Waals surface area contributed by atoms with E-state index in [0.29, 0.717) is 26.2 Å². The zero-order chi connectivity index (χ0) is 16.8. The van der Waals surface area contributed by atoms with Crippen LogP contribution in [0, 0.1) is 5.92 Å². The van der Waals surface area contributed by atoms with Gasteiger partial charge in [-0.05, 0) is 31.2 Å². The number of aliphatic hydroxyl groups is 1. The Labute approximate surface area is 144 Å². The number of fused-ring (bicyclic) bond motifs is 1. The van der Waals surface area contributed by atoms with Gasteiger partial charge in [0, 0.05) is 32.0 Å². The summed E-state index contributed by atoms with van der Waals surface area (Å²) in [5, 5.41) is 10.7. The van der Waals surface area contributed by atoms with Crippen molar-refractivity contribution >= 4 is 5.91 Å². The standard InChI is InChI=1S/C20H29NO3/c22-19(10-6-14-24-16-17-7-2-1-3-8-17)21-13-12-20(23)11-5-4-9-18(20)15-21/h1-3,7-8,18,23H,4-6,9-16H2/t18-,20-/m1/s1. The molecule has 0 spiro atoms. The van der Waals surface area contributed by atoms with Gasteiger partial charge >= 0.3 is 0 Å². The van der Waals surface area contributed by atoms with E-state index in [0.717, 1.165) is 44.2 Å². The van der Waals surface area contributed by atoms with E-state index < -0.39 is 5.60 Å². The molecule has 1 saturated carbocycles. The minimum absolute atomic E-state index is 0.214. The quantitative estimate of drug-likeness (QED) is 0.815. The second kappa shape index (κ2) is 8.13. The minimum Gasteiger partial charge on any atom is -0.389 e. The van der Waals surface area contributed by atoms with Gasteiger partial charge in [0.25, 0.3) is 0 Å². The van der Waals surface area contributed by atoms with Crippen LogP contribution >= 0.6 is 0 Å². The predicted molar refractivity (Wildman–Crippen MR) is 93.4 cm³/mol. The zero-order valence-electron chi connectivity index (χ0n) is 14.5. The number of ether oxygens (including phenoxy) is 1. The number of benzene rings is 1. The third-order valence-corrected chi connectivity index (χ3v) is 5.57. The van der Waals surface area contributed by atoms with Crippen molar-refractivity contribution in [2.45, 2.75) is 57.2 Å². The van der Waals surface area contributed by atoms with Gasteiger partial charge < -0.3 is 14.7 Å². The number of hydrogen-bond acceptors (Lipinski definition) is 3. The topological polar surface area (TPSA) is 49.8 Å². The Balaban J connectivity index is 1.35. The fourth-order valence-electron chi connectivity index (χ4n) is 4.05.